The van der Waals surface area contributed by atoms with Crippen LogP contribution in [0.5, 0.6) is 0 Å². The monoisotopic (exact) mass is 411 g/mol. The molecular weight excluding hydrogens is 386 g/mol. The zero-order chi connectivity index (χ0) is 22.0. The van der Waals surface area contributed by atoms with Crippen LogP contribution in [0, 0.1) is 13.8 Å². The molecule has 4 aromatic rings. The minimum absolute atomic E-state index is 0.0155. The molecule has 0 radical (unpaired) electrons. The van der Waals surface area contributed by atoms with Gasteiger partial charge in [0.1, 0.15) is 6.33 Å². The van der Waals surface area contributed by atoms with Crippen LogP contribution in [0.4, 0.5) is 0 Å². The zero-order valence-electron chi connectivity index (χ0n) is 18.2. The lowest BCUT2D eigenvalue weighted by molar-refractivity contribution is 0.0744. The number of aromatic nitrogens is 4. The van der Waals surface area contributed by atoms with Gasteiger partial charge in [-0.05, 0) is 50.1 Å². The van der Waals surface area contributed by atoms with Crippen LogP contribution in [-0.2, 0) is 6.42 Å². The summed E-state index contributed by atoms with van der Waals surface area (Å²) in [6, 6.07) is 11.8. The average molecular weight is 412 g/mol. The number of aryl methyl sites for hydroxylation is 2. The van der Waals surface area contributed by atoms with E-state index in [4.69, 9.17) is 4.98 Å². The van der Waals surface area contributed by atoms with E-state index in [0.717, 1.165) is 33.3 Å². The lowest BCUT2D eigenvalue weighted by Gasteiger charge is -2.26. The van der Waals surface area contributed by atoms with Crippen molar-refractivity contribution in [1.29, 1.82) is 0 Å². The number of hydrogen-bond acceptors (Lipinski definition) is 5. The second kappa shape index (κ2) is 8.60. The van der Waals surface area contributed by atoms with E-state index in [-0.39, 0.29) is 11.9 Å². The highest BCUT2D eigenvalue weighted by Gasteiger charge is 2.22. The van der Waals surface area contributed by atoms with Crippen molar-refractivity contribution in [3.8, 4) is 11.3 Å². The maximum Gasteiger partial charge on any atom is 0.254 e. The van der Waals surface area contributed by atoms with Crippen LogP contribution in [0.2, 0.25) is 0 Å². The molecule has 1 amide bonds. The molecule has 156 valence electrons. The Kier molecular flexibility index (Phi) is 5.71. The number of fused-ring (bicyclic) bond motifs is 1. The van der Waals surface area contributed by atoms with E-state index in [0.29, 0.717) is 17.7 Å². The Morgan fingerprint density at radius 3 is 2.61 bits per heavy atom. The molecule has 0 aliphatic rings. The third-order valence-corrected chi connectivity index (χ3v) is 5.64. The van der Waals surface area contributed by atoms with Crippen molar-refractivity contribution < 1.29 is 4.79 Å². The van der Waals surface area contributed by atoms with Crippen molar-refractivity contribution in [2.24, 2.45) is 0 Å². The van der Waals surface area contributed by atoms with E-state index >= 15 is 0 Å². The summed E-state index contributed by atoms with van der Waals surface area (Å²) in [4.78, 5) is 32.8. The van der Waals surface area contributed by atoms with Crippen LogP contribution in [0.1, 0.15) is 34.1 Å². The second-order valence-corrected chi connectivity index (χ2v) is 7.94. The zero-order valence-corrected chi connectivity index (χ0v) is 18.2. The van der Waals surface area contributed by atoms with Crippen molar-refractivity contribution in [3.05, 3.63) is 83.7 Å². The van der Waals surface area contributed by atoms with Gasteiger partial charge in [-0.1, -0.05) is 18.2 Å². The molecule has 0 aliphatic heterocycles. The fourth-order valence-corrected chi connectivity index (χ4v) is 3.63. The molecule has 0 saturated heterocycles. The van der Waals surface area contributed by atoms with E-state index in [1.54, 1.807) is 23.5 Å². The predicted octanol–water partition coefficient (Wildman–Crippen LogP) is 4.41. The number of hydrogen-bond donors (Lipinski definition) is 0. The van der Waals surface area contributed by atoms with E-state index in [9.17, 15) is 4.79 Å². The molecule has 0 N–H and O–H groups in total. The summed E-state index contributed by atoms with van der Waals surface area (Å²) in [5, 5.41) is 0.837. The molecule has 1 aromatic carbocycles. The van der Waals surface area contributed by atoms with Gasteiger partial charge in [0.05, 0.1) is 16.8 Å². The van der Waals surface area contributed by atoms with E-state index < -0.39 is 0 Å². The van der Waals surface area contributed by atoms with Gasteiger partial charge < -0.3 is 4.90 Å². The summed E-state index contributed by atoms with van der Waals surface area (Å²) in [7, 11) is 1.84. The number of benzene rings is 1. The topological polar surface area (TPSA) is 71.9 Å². The van der Waals surface area contributed by atoms with Gasteiger partial charge in [0.25, 0.3) is 5.91 Å². The van der Waals surface area contributed by atoms with Crippen LogP contribution < -0.4 is 0 Å². The molecule has 6 nitrogen and oxygen atoms in total. The largest absolute Gasteiger partial charge is 0.339 e. The third-order valence-electron chi connectivity index (χ3n) is 5.64. The first-order valence-electron chi connectivity index (χ1n) is 10.3. The molecule has 1 unspecified atom stereocenters. The minimum Gasteiger partial charge on any atom is -0.339 e. The van der Waals surface area contributed by atoms with Crippen LogP contribution in [0.25, 0.3) is 22.2 Å². The summed E-state index contributed by atoms with van der Waals surface area (Å²) < 4.78 is 0. The Balaban J connectivity index is 1.73. The molecule has 3 aromatic heterocycles. The molecule has 0 bridgehead atoms. The smallest absolute Gasteiger partial charge is 0.254 e. The normalized spacial score (nSPS) is 12.0. The number of carbonyl (C=O) groups excluding carboxylic acids is 1. The van der Waals surface area contributed by atoms with E-state index in [2.05, 4.69) is 15.0 Å². The first-order chi connectivity index (χ1) is 14.9. The fourth-order valence-electron chi connectivity index (χ4n) is 3.63. The highest BCUT2D eigenvalue weighted by molar-refractivity contribution is 6.07. The fraction of sp³-hybridized carbons (Fsp3) is 0.240. The Bertz CT molecular complexity index is 1240. The molecule has 0 aliphatic carbocycles. The number of nitrogens with zero attached hydrogens (tertiary/aromatic N) is 5. The number of amides is 1. The van der Waals surface area contributed by atoms with Crippen LogP contribution >= 0.6 is 0 Å². The molecule has 6 heteroatoms. The highest BCUT2D eigenvalue weighted by atomic mass is 16.2. The lowest BCUT2D eigenvalue weighted by Crippen LogP contribution is -2.37. The number of likely N-dealkylation sites (N-methyl/N-ethyl adjacent to an activating group) is 1. The van der Waals surface area contributed by atoms with Crippen molar-refractivity contribution in [3.63, 3.8) is 0 Å². The van der Waals surface area contributed by atoms with Gasteiger partial charge in [-0.3, -0.25) is 9.78 Å². The predicted molar refractivity (Wildman–Crippen MR) is 122 cm³/mol. The van der Waals surface area contributed by atoms with Gasteiger partial charge in [-0.2, -0.15) is 0 Å². The van der Waals surface area contributed by atoms with Crippen molar-refractivity contribution in [2.45, 2.75) is 33.2 Å². The summed E-state index contributed by atoms with van der Waals surface area (Å²) in [5.74, 6) is -0.0459. The van der Waals surface area contributed by atoms with E-state index in [1.807, 2.05) is 64.2 Å². The maximum atomic E-state index is 13.6. The van der Waals surface area contributed by atoms with E-state index in [1.165, 1.54) is 6.33 Å². The van der Waals surface area contributed by atoms with Crippen LogP contribution in [0.15, 0.2) is 61.3 Å². The summed E-state index contributed by atoms with van der Waals surface area (Å²) in [6.45, 7) is 6.11. The van der Waals surface area contributed by atoms with Gasteiger partial charge in [-0.25, -0.2) is 15.0 Å². The van der Waals surface area contributed by atoms with Gasteiger partial charge in [0.15, 0.2) is 0 Å². The number of carbonyl (C=O) groups is 1. The molecule has 0 spiro atoms. The molecule has 1 atom stereocenters. The van der Waals surface area contributed by atoms with Crippen LogP contribution in [0.3, 0.4) is 0 Å². The summed E-state index contributed by atoms with van der Waals surface area (Å²) >= 11 is 0. The number of rotatable bonds is 5. The first kappa shape index (κ1) is 20.6. The second-order valence-electron chi connectivity index (χ2n) is 7.94. The van der Waals surface area contributed by atoms with Gasteiger partial charge >= 0.3 is 0 Å². The number of pyridine rings is 2. The standard InChI is InChI=1S/C25H25N5O/c1-16-7-8-20-21(12-23(29-24(20)10-16)19-13-26-15-27-14-19)25(31)30(4)18(3)11-22-17(2)6-5-9-28-22/h5-10,12-15,18H,11H2,1-4H3. The molecule has 31 heavy (non-hydrogen) atoms. The Morgan fingerprint density at radius 2 is 1.87 bits per heavy atom. The van der Waals surface area contributed by atoms with Crippen molar-refractivity contribution in [1.82, 2.24) is 24.8 Å². The molecule has 0 saturated carbocycles. The van der Waals surface area contributed by atoms with Crippen LogP contribution in [-0.4, -0.2) is 43.8 Å². The molecule has 0 fully saturated rings. The Morgan fingerprint density at radius 1 is 1.10 bits per heavy atom. The first-order valence-corrected chi connectivity index (χ1v) is 10.3. The highest BCUT2D eigenvalue weighted by Crippen LogP contribution is 2.26. The molecule has 3 heterocycles. The van der Waals surface area contributed by atoms with Gasteiger partial charge in [0.2, 0.25) is 0 Å². The molecular formula is C25H25N5O. The minimum atomic E-state index is -0.0459. The van der Waals surface area contributed by atoms with Gasteiger partial charge in [-0.15, -0.1) is 0 Å². The third kappa shape index (κ3) is 4.28. The SMILES string of the molecule is Cc1ccc2c(C(=O)N(C)C(C)Cc3ncccc3C)cc(-c3cncnc3)nc2c1. The Hall–Kier alpha value is -3.67. The van der Waals surface area contributed by atoms with Crippen molar-refractivity contribution >= 4 is 16.8 Å². The maximum absolute atomic E-state index is 13.6. The molecule has 4 rings (SSSR count). The quantitative estimate of drug-likeness (QED) is 0.486. The summed E-state index contributed by atoms with van der Waals surface area (Å²) in [6.07, 6.45) is 7.39. The van der Waals surface area contributed by atoms with Gasteiger partial charge in [0, 0.05) is 54.7 Å². The summed E-state index contributed by atoms with van der Waals surface area (Å²) in [5.41, 5.74) is 6.09. The van der Waals surface area contributed by atoms with Crippen molar-refractivity contribution in [2.75, 3.05) is 7.05 Å². The average Bonchev–Trinajstić information content (AvgIpc) is 2.79. The lowest BCUT2D eigenvalue weighted by atomic mass is 10.0. The Labute approximate surface area is 182 Å².